The van der Waals surface area contributed by atoms with E-state index in [1.807, 2.05) is 41.1 Å². The van der Waals surface area contributed by atoms with E-state index in [0.29, 0.717) is 12.1 Å². The van der Waals surface area contributed by atoms with E-state index in [-0.39, 0.29) is 5.97 Å². The van der Waals surface area contributed by atoms with Crippen molar-refractivity contribution in [1.29, 1.82) is 0 Å². The van der Waals surface area contributed by atoms with Crippen molar-refractivity contribution in [3.63, 3.8) is 0 Å². The average Bonchev–Trinajstić information content (AvgIpc) is 3.04. The molecule has 3 aromatic rings. The van der Waals surface area contributed by atoms with Crippen LogP contribution < -0.4 is 0 Å². The Morgan fingerprint density at radius 1 is 1.09 bits per heavy atom. The van der Waals surface area contributed by atoms with Crippen LogP contribution >= 0.6 is 0 Å². The van der Waals surface area contributed by atoms with Crippen LogP contribution in [0.3, 0.4) is 0 Å². The predicted octanol–water partition coefficient (Wildman–Crippen LogP) is 2.78. The van der Waals surface area contributed by atoms with Crippen molar-refractivity contribution in [2.24, 2.45) is 0 Å². The first-order valence-electron chi connectivity index (χ1n) is 6.88. The van der Waals surface area contributed by atoms with Gasteiger partial charge in [-0.1, -0.05) is 18.2 Å². The number of esters is 1. The van der Waals surface area contributed by atoms with Crippen molar-refractivity contribution in [2.45, 2.75) is 6.54 Å². The SMILES string of the molecule is COC(=O)c1ccc(Cn2ccnc2-c2ccccn2)cc1. The zero-order chi connectivity index (χ0) is 15.4. The lowest BCUT2D eigenvalue weighted by Crippen LogP contribution is -2.04. The second-order valence-corrected chi connectivity index (χ2v) is 4.78. The number of nitrogens with zero attached hydrogens (tertiary/aromatic N) is 3. The molecule has 0 aliphatic heterocycles. The maximum absolute atomic E-state index is 11.4. The molecule has 0 unspecified atom stereocenters. The molecular weight excluding hydrogens is 278 g/mol. The molecule has 0 radical (unpaired) electrons. The Hall–Kier alpha value is -2.95. The van der Waals surface area contributed by atoms with Crippen LogP contribution in [0.15, 0.2) is 61.1 Å². The number of hydrogen-bond acceptors (Lipinski definition) is 4. The highest BCUT2D eigenvalue weighted by atomic mass is 16.5. The molecule has 0 amide bonds. The molecule has 5 heteroatoms. The highest BCUT2D eigenvalue weighted by Crippen LogP contribution is 2.16. The summed E-state index contributed by atoms with van der Waals surface area (Å²) in [5.41, 5.74) is 2.45. The van der Waals surface area contributed by atoms with Crippen LogP contribution in [0.25, 0.3) is 11.5 Å². The number of ether oxygens (including phenoxy) is 1. The Bertz CT molecular complexity index is 764. The van der Waals surface area contributed by atoms with Gasteiger partial charge in [0.25, 0.3) is 0 Å². The van der Waals surface area contributed by atoms with Crippen LogP contribution in [-0.4, -0.2) is 27.6 Å². The zero-order valence-electron chi connectivity index (χ0n) is 12.1. The van der Waals surface area contributed by atoms with Gasteiger partial charge in [-0.2, -0.15) is 0 Å². The smallest absolute Gasteiger partial charge is 0.337 e. The van der Waals surface area contributed by atoms with E-state index in [1.54, 1.807) is 24.5 Å². The van der Waals surface area contributed by atoms with Gasteiger partial charge in [0.2, 0.25) is 0 Å². The summed E-state index contributed by atoms with van der Waals surface area (Å²) in [7, 11) is 1.38. The standard InChI is InChI=1S/C17H15N3O2/c1-22-17(21)14-7-5-13(6-8-14)12-20-11-10-19-16(20)15-4-2-3-9-18-15/h2-11H,12H2,1H3. The number of hydrogen-bond donors (Lipinski definition) is 0. The fourth-order valence-electron chi connectivity index (χ4n) is 2.23. The van der Waals surface area contributed by atoms with Gasteiger partial charge in [0.05, 0.1) is 12.7 Å². The number of carbonyl (C=O) groups excluding carboxylic acids is 1. The number of methoxy groups -OCH3 is 1. The number of carbonyl (C=O) groups is 1. The average molecular weight is 293 g/mol. The van der Waals surface area contributed by atoms with Crippen LogP contribution in [0.5, 0.6) is 0 Å². The van der Waals surface area contributed by atoms with E-state index < -0.39 is 0 Å². The monoisotopic (exact) mass is 293 g/mol. The molecule has 0 saturated carbocycles. The minimum Gasteiger partial charge on any atom is -0.465 e. The van der Waals surface area contributed by atoms with Gasteiger partial charge >= 0.3 is 5.97 Å². The third-order valence-corrected chi connectivity index (χ3v) is 3.34. The Morgan fingerprint density at radius 3 is 2.59 bits per heavy atom. The van der Waals surface area contributed by atoms with Crippen LogP contribution in [-0.2, 0) is 11.3 Å². The van der Waals surface area contributed by atoms with Gasteiger partial charge in [-0.25, -0.2) is 9.78 Å². The molecular formula is C17H15N3O2. The molecule has 0 aliphatic rings. The second-order valence-electron chi connectivity index (χ2n) is 4.78. The highest BCUT2D eigenvalue weighted by Gasteiger charge is 2.08. The summed E-state index contributed by atoms with van der Waals surface area (Å²) in [4.78, 5) is 20.1. The lowest BCUT2D eigenvalue weighted by atomic mass is 10.1. The number of aromatic nitrogens is 3. The van der Waals surface area contributed by atoms with Crippen LogP contribution in [0.4, 0.5) is 0 Å². The first kappa shape index (κ1) is 14.0. The highest BCUT2D eigenvalue weighted by molar-refractivity contribution is 5.89. The van der Waals surface area contributed by atoms with E-state index in [4.69, 9.17) is 4.74 Å². The third kappa shape index (κ3) is 2.88. The molecule has 2 aromatic heterocycles. The summed E-state index contributed by atoms with van der Waals surface area (Å²) in [5.74, 6) is 0.487. The Labute approximate surface area is 128 Å². The molecule has 22 heavy (non-hydrogen) atoms. The summed E-state index contributed by atoms with van der Waals surface area (Å²) in [6, 6.07) is 13.1. The molecule has 0 N–H and O–H groups in total. The van der Waals surface area contributed by atoms with Gasteiger partial charge in [-0.3, -0.25) is 4.98 Å². The lowest BCUT2D eigenvalue weighted by molar-refractivity contribution is 0.0600. The lowest BCUT2D eigenvalue weighted by Gasteiger charge is -2.08. The first-order chi connectivity index (χ1) is 10.8. The van der Waals surface area contributed by atoms with Crippen molar-refractivity contribution in [1.82, 2.24) is 14.5 Å². The van der Waals surface area contributed by atoms with Crippen LogP contribution in [0.1, 0.15) is 15.9 Å². The minimum absolute atomic E-state index is 0.330. The Morgan fingerprint density at radius 2 is 1.91 bits per heavy atom. The van der Waals surface area contributed by atoms with Gasteiger partial charge in [-0.15, -0.1) is 0 Å². The molecule has 0 aliphatic carbocycles. The van der Waals surface area contributed by atoms with Crippen LogP contribution in [0, 0.1) is 0 Å². The van der Waals surface area contributed by atoms with E-state index in [0.717, 1.165) is 17.1 Å². The molecule has 110 valence electrons. The van der Waals surface area contributed by atoms with Gasteiger partial charge in [-0.05, 0) is 29.8 Å². The van der Waals surface area contributed by atoms with Gasteiger partial charge in [0, 0.05) is 25.1 Å². The summed E-state index contributed by atoms with van der Waals surface area (Å²) >= 11 is 0. The summed E-state index contributed by atoms with van der Waals surface area (Å²) in [6.45, 7) is 0.660. The van der Waals surface area contributed by atoms with E-state index in [1.165, 1.54) is 7.11 Å². The Balaban J connectivity index is 1.83. The molecule has 3 rings (SSSR count). The molecule has 2 heterocycles. The van der Waals surface area contributed by atoms with Gasteiger partial charge in [0.1, 0.15) is 5.69 Å². The third-order valence-electron chi connectivity index (χ3n) is 3.34. The summed E-state index contributed by atoms with van der Waals surface area (Å²) < 4.78 is 6.72. The Kier molecular flexibility index (Phi) is 3.96. The van der Waals surface area contributed by atoms with Gasteiger partial charge < -0.3 is 9.30 Å². The topological polar surface area (TPSA) is 57.0 Å². The largest absolute Gasteiger partial charge is 0.465 e. The quantitative estimate of drug-likeness (QED) is 0.694. The molecule has 0 bridgehead atoms. The summed E-state index contributed by atoms with van der Waals surface area (Å²) in [6.07, 6.45) is 5.42. The number of pyridine rings is 1. The molecule has 0 fully saturated rings. The maximum Gasteiger partial charge on any atom is 0.337 e. The van der Waals surface area contributed by atoms with Crippen molar-refractivity contribution >= 4 is 5.97 Å². The van der Waals surface area contributed by atoms with E-state index in [2.05, 4.69) is 9.97 Å². The number of benzene rings is 1. The molecule has 0 spiro atoms. The predicted molar refractivity (Wildman–Crippen MR) is 82.3 cm³/mol. The minimum atomic E-state index is -0.330. The zero-order valence-corrected chi connectivity index (χ0v) is 12.1. The fraction of sp³-hybridized carbons (Fsp3) is 0.118. The number of rotatable bonds is 4. The van der Waals surface area contributed by atoms with Crippen molar-refractivity contribution in [3.8, 4) is 11.5 Å². The van der Waals surface area contributed by atoms with Crippen molar-refractivity contribution in [3.05, 3.63) is 72.2 Å². The van der Waals surface area contributed by atoms with E-state index in [9.17, 15) is 4.79 Å². The molecule has 1 aromatic carbocycles. The molecule has 0 atom stereocenters. The molecule has 0 saturated heterocycles. The molecule has 5 nitrogen and oxygen atoms in total. The first-order valence-corrected chi connectivity index (χ1v) is 6.88. The van der Waals surface area contributed by atoms with Gasteiger partial charge in [0.15, 0.2) is 5.82 Å². The maximum atomic E-state index is 11.4. The normalized spacial score (nSPS) is 10.4. The second kappa shape index (κ2) is 6.22. The number of imidazole rings is 1. The van der Waals surface area contributed by atoms with Crippen molar-refractivity contribution in [2.75, 3.05) is 7.11 Å². The van der Waals surface area contributed by atoms with E-state index >= 15 is 0 Å². The summed E-state index contributed by atoms with van der Waals surface area (Å²) in [5, 5.41) is 0. The van der Waals surface area contributed by atoms with Crippen LogP contribution in [0.2, 0.25) is 0 Å². The van der Waals surface area contributed by atoms with Crippen molar-refractivity contribution < 1.29 is 9.53 Å². The fourth-order valence-corrected chi connectivity index (χ4v) is 2.23.